The van der Waals surface area contributed by atoms with E-state index in [0.717, 1.165) is 17.1 Å². The topological polar surface area (TPSA) is 3.24 Å². The molecule has 9 rings (SSSR count). The molecule has 0 bridgehead atoms. The Bertz CT molecular complexity index is 2810. The predicted molar refractivity (Wildman–Crippen MR) is 238 cm³/mol. The summed E-state index contributed by atoms with van der Waals surface area (Å²) in [6.07, 6.45) is 0. The molecule has 0 atom stereocenters. The quantitative estimate of drug-likeness (QED) is 0.156. The van der Waals surface area contributed by atoms with Gasteiger partial charge in [0.2, 0.25) is 0 Å². The minimum Gasteiger partial charge on any atom is -0.310 e. The summed E-state index contributed by atoms with van der Waals surface area (Å²) < 4.78 is 0. The first-order valence-electron chi connectivity index (χ1n) is 19.3. The van der Waals surface area contributed by atoms with Gasteiger partial charge in [0.15, 0.2) is 0 Å². The van der Waals surface area contributed by atoms with E-state index >= 15 is 0 Å². The number of aryl methyl sites for hydroxylation is 2. The third kappa shape index (κ3) is 6.26. The highest BCUT2D eigenvalue weighted by atomic mass is 15.1. The normalized spacial score (nSPS) is 11.7. The smallest absolute Gasteiger partial charge is 0.0468 e. The highest BCUT2D eigenvalue weighted by Gasteiger charge is 2.23. The molecule has 266 valence electrons. The molecule has 0 spiro atoms. The van der Waals surface area contributed by atoms with Crippen LogP contribution in [0.1, 0.15) is 37.5 Å². The summed E-state index contributed by atoms with van der Waals surface area (Å²) in [4.78, 5) is 2.43. The van der Waals surface area contributed by atoms with Crippen molar-refractivity contribution in [2.24, 2.45) is 0 Å². The summed E-state index contributed by atoms with van der Waals surface area (Å²) in [5.74, 6) is 0. The maximum Gasteiger partial charge on any atom is 0.0468 e. The second-order valence-corrected chi connectivity index (χ2v) is 15.9. The van der Waals surface area contributed by atoms with Gasteiger partial charge in [-0.1, -0.05) is 160 Å². The molecule has 0 aliphatic carbocycles. The van der Waals surface area contributed by atoms with Crippen LogP contribution in [0.4, 0.5) is 17.1 Å². The monoisotopic (exact) mass is 707 g/mol. The van der Waals surface area contributed by atoms with E-state index in [9.17, 15) is 0 Å². The minimum atomic E-state index is 0.0693. The van der Waals surface area contributed by atoms with Gasteiger partial charge >= 0.3 is 0 Å². The molecule has 0 aliphatic heterocycles. The molecule has 0 unspecified atom stereocenters. The van der Waals surface area contributed by atoms with Crippen LogP contribution in [0.3, 0.4) is 0 Å². The zero-order valence-electron chi connectivity index (χ0n) is 32.3. The molecule has 0 saturated heterocycles. The maximum absolute atomic E-state index is 2.44. The summed E-state index contributed by atoms with van der Waals surface area (Å²) in [5, 5.41) is 7.55. The summed E-state index contributed by atoms with van der Waals surface area (Å²) >= 11 is 0. The lowest BCUT2D eigenvalue weighted by molar-refractivity contribution is 0.590. The predicted octanol–water partition coefficient (Wildman–Crippen LogP) is 15.5. The molecule has 9 aromatic carbocycles. The number of benzene rings is 9. The first kappa shape index (κ1) is 34.3. The molecule has 0 aromatic heterocycles. The Labute approximate surface area is 325 Å². The van der Waals surface area contributed by atoms with Crippen molar-refractivity contribution >= 4 is 49.4 Å². The van der Waals surface area contributed by atoms with E-state index in [0.29, 0.717) is 0 Å². The van der Waals surface area contributed by atoms with E-state index in [1.165, 1.54) is 82.4 Å². The molecule has 0 fully saturated rings. The maximum atomic E-state index is 2.44. The van der Waals surface area contributed by atoms with Gasteiger partial charge in [-0.25, -0.2) is 0 Å². The van der Waals surface area contributed by atoms with E-state index in [4.69, 9.17) is 0 Å². The average Bonchev–Trinajstić information content (AvgIpc) is 3.21. The Morgan fingerprint density at radius 2 is 0.873 bits per heavy atom. The molecule has 0 heterocycles. The van der Waals surface area contributed by atoms with Gasteiger partial charge in [0.05, 0.1) is 0 Å². The van der Waals surface area contributed by atoms with Gasteiger partial charge in [0.25, 0.3) is 0 Å². The van der Waals surface area contributed by atoms with Crippen molar-refractivity contribution < 1.29 is 0 Å². The number of rotatable bonds is 6. The van der Waals surface area contributed by atoms with Gasteiger partial charge in [-0.2, -0.15) is 0 Å². The highest BCUT2D eigenvalue weighted by molar-refractivity contribution is 6.33. The summed E-state index contributed by atoms with van der Waals surface area (Å²) in [5.41, 5.74) is 14.7. The molecule has 1 nitrogen and oxygen atoms in total. The fourth-order valence-electron chi connectivity index (χ4n) is 8.51. The Morgan fingerprint density at radius 1 is 0.364 bits per heavy atom. The van der Waals surface area contributed by atoms with E-state index in [-0.39, 0.29) is 5.41 Å². The van der Waals surface area contributed by atoms with E-state index in [1.54, 1.807) is 0 Å². The molecular weight excluding hydrogens is 663 g/mol. The van der Waals surface area contributed by atoms with E-state index in [2.05, 4.69) is 222 Å². The summed E-state index contributed by atoms with van der Waals surface area (Å²) in [6.45, 7) is 11.2. The standard InChI is InChI=1S/C54H45N/c1-36-31-37(2)33-44(32-36)55(42-27-25-41(26-28-42)54(3,4)5)43-29-30-47-50(34-43)45-23-15-16-24-46(45)52-49(39-19-11-7-12-20-39)35-48(38-17-9-6-10-18-38)51(53(47)52)40-21-13-8-14-22-40/h6-35H,1-5H3. The molecule has 9 aromatic rings. The van der Waals surface area contributed by atoms with Crippen molar-refractivity contribution in [3.8, 4) is 33.4 Å². The van der Waals surface area contributed by atoms with Gasteiger partial charge < -0.3 is 4.90 Å². The molecule has 0 N–H and O–H groups in total. The fraction of sp³-hybridized carbons (Fsp3) is 0.111. The first-order valence-corrected chi connectivity index (χ1v) is 19.3. The summed E-state index contributed by atoms with van der Waals surface area (Å²) in [7, 11) is 0. The first-order chi connectivity index (χ1) is 26.7. The molecule has 0 saturated carbocycles. The van der Waals surface area contributed by atoms with Gasteiger partial charge in [0, 0.05) is 17.1 Å². The lowest BCUT2D eigenvalue weighted by atomic mass is 9.81. The second-order valence-electron chi connectivity index (χ2n) is 15.9. The number of hydrogen-bond donors (Lipinski definition) is 0. The van der Waals surface area contributed by atoms with Crippen molar-refractivity contribution in [1.29, 1.82) is 0 Å². The zero-order valence-corrected chi connectivity index (χ0v) is 32.3. The lowest BCUT2D eigenvalue weighted by Gasteiger charge is -2.28. The van der Waals surface area contributed by atoms with Crippen LogP contribution in [0.5, 0.6) is 0 Å². The van der Waals surface area contributed by atoms with Crippen LogP contribution in [-0.4, -0.2) is 0 Å². The second kappa shape index (κ2) is 13.8. The average molecular weight is 708 g/mol. The third-order valence-electron chi connectivity index (χ3n) is 11.0. The van der Waals surface area contributed by atoms with Crippen LogP contribution in [0, 0.1) is 13.8 Å². The molecule has 0 aliphatic rings. The van der Waals surface area contributed by atoms with Crippen LogP contribution >= 0.6 is 0 Å². The Morgan fingerprint density at radius 3 is 1.47 bits per heavy atom. The Kier molecular flexibility index (Phi) is 8.59. The van der Waals surface area contributed by atoms with Crippen molar-refractivity contribution in [3.63, 3.8) is 0 Å². The SMILES string of the molecule is Cc1cc(C)cc(N(c2ccc(C(C)(C)C)cc2)c2ccc3c(c2)c2ccccc2c2c(-c4ccccc4)cc(-c4ccccc4)c(-c4ccccc4)c32)c1. The number of fused-ring (bicyclic) bond motifs is 6. The van der Waals surface area contributed by atoms with E-state index in [1.807, 2.05) is 0 Å². The molecule has 55 heavy (non-hydrogen) atoms. The van der Waals surface area contributed by atoms with Gasteiger partial charge in [-0.05, 0) is 144 Å². The van der Waals surface area contributed by atoms with Crippen LogP contribution in [-0.2, 0) is 5.41 Å². The van der Waals surface area contributed by atoms with Crippen molar-refractivity contribution in [3.05, 3.63) is 199 Å². The number of nitrogens with zero attached hydrogens (tertiary/aromatic N) is 1. The number of anilines is 3. The van der Waals surface area contributed by atoms with Crippen molar-refractivity contribution in [1.82, 2.24) is 0 Å². The van der Waals surface area contributed by atoms with Gasteiger partial charge in [-0.3, -0.25) is 0 Å². The molecular formula is C54H45N. The zero-order chi connectivity index (χ0) is 37.7. The van der Waals surface area contributed by atoms with Crippen molar-refractivity contribution in [2.45, 2.75) is 40.0 Å². The fourth-order valence-corrected chi connectivity index (χ4v) is 8.51. The van der Waals surface area contributed by atoms with Gasteiger partial charge in [-0.15, -0.1) is 0 Å². The van der Waals surface area contributed by atoms with Crippen LogP contribution < -0.4 is 4.90 Å². The van der Waals surface area contributed by atoms with E-state index < -0.39 is 0 Å². The molecule has 0 amide bonds. The molecule has 1 heteroatoms. The van der Waals surface area contributed by atoms with Crippen LogP contribution in [0.2, 0.25) is 0 Å². The Hall–Kier alpha value is -6.44. The largest absolute Gasteiger partial charge is 0.310 e. The number of hydrogen-bond acceptors (Lipinski definition) is 1. The van der Waals surface area contributed by atoms with Gasteiger partial charge in [0.1, 0.15) is 0 Å². The Balaban J connectivity index is 1.42. The summed E-state index contributed by atoms with van der Waals surface area (Å²) in [6, 6.07) is 67.4. The van der Waals surface area contributed by atoms with Crippen LogP contribution in [0.25, 0.3) is 65.7 Å². The molecule has 0 radical (unpaired) electrons. The highest BCUT2D eigenvalue weighted by Crippen LogP contribution is 2.50. The minimum absolute atomic E-state index is 0.0693. The van der Waals surface area contributed by atoms with Crippen LogP contribution in [0.15, 0.2) is 182 Å². The lowest BCUT2D eigenvalue weighted by Crippen LogP contribution is -2.13. The third-order valence-corrected chi connectivity index (χ3v) is 11.0. The van der Waals surface area contributed by atoms with Crippen molar-refractivity contribution in [2.75, 3.05) is 4.90 Å².